The molecule has 0 aromatic heterocycles. The molecule has 0 spiro atoms. The summed E-state index contributed by atoms with van der Waals surface area (Å²) in [5.41, 5.74) is 2.21. The lowest BCUT2D eigenvalue weighted by Gasteiger charge is -2.23. The van der Waals surface area contributed by atoms with Crippen LogP contribution in [0, 0.1) is 13.8 Å². The summed E-state index contributed by atoms with van der Waals surface area (Å²) in [6.07, 6.45) is 0.317. The van der Waals surface area contributed by atoms with Crippen molar-refractivity contribution in [3.05, 3.63) is 82.9 Å². The molecule has 0 bridgehead atoms. The number of ether oxygens (including phenoxy) is 2. The summed E-state index contributed by atoms with van der Waals surface area (Å²) in [4.78, 5) is 13.2. The van der Waals surface area contributed by atoms with Gasteiger partial charge in [-0.15, -0.1) is 0 Å². The lowest BCUT2D eigenvalue weighted by Crippen LogP contribution is -2.37. The van der Waals surface area contributed by atoms with Crippen LogP contribution < -0.4 is 13.8 Å². The Morgan fingerprint density at radius 2 is 1.70 bits per heavy atom. The monoisotopic (exact) mass is 487 g/mol. The van der Waals surface area contributed by atoms with Crippen LogP contribution in [-0.2, 0) is 14.8 Å². The first-order valence-electron chi connectivity index (χ1n) is 10.4. The quantitative estimate of drug-likeness (QED) is 0.370. The normalized spacial score (nSPS) is 11.2. The van der Waals surface area contributed by atoms with E-state index in [1.807, 2.05) is 32.0 Å². The minimum Gasteiger partial charge on any atom is -0.495 e. The van der Waals surface area contributed by atoms with E-state index in [2.05, 4.69) is 0 Å². The van der Waals surface area contributed by atoms with Crippen molar-refractivity contribution in [2.45, 2.75) is 31.6 Å². The van der Waals surface area contributed by atoms with Crippen LogP contribution in [0.5, 0.6) is 11.5 Å². The highest BCUT2D eigenvalue weighted by atomic mass is 35.5. The molecule has 0 atom stereocenters. The van der Waals surface area contributed by atoms with Gasteiger partial charge in [0.2, 0.25) is 5.91 Å². The average Bonchev–Trinajstić information content (AvgIpc) is 2.79. The first-order valence-corrected chi connectivity index (χ1v) is 12.2. The second-order valence-corrected chi connectivity index (χ2v) is 9.71. The molecule has 0 aliphatic rings. The van der Waals surface area contributed by atoms with Crippen molar-refractivity contribution >= 4 is 33.2 Å². The van der Waals surface area contributed by atoms with Crippen LogP contribution >= 0.6 is 11.6 Å². The van der Waals surface area contributed by atoms with E-state index >= 15 is 0 Å². The van der Waals surface area contributed by atoms with Crippen LogP contribution in [0.4, 0.5) is 5.69 Å². The number of carbonyl (C=O) groups is 1. The Kier molecular flexibility index (Phi) is 8.00. The minimum absolute atomic E-state index is 0.0110. The van der Waals surface area contributed by atoms with Gasteiger partial charge in [-0.05, 0) is 67.8 Å². The highest BCUT2D eigenvalue weighted by molar-refractivity contribution is 7.93. The van der Waals surface area contributed by atoms with Gasteiger partial charge >= 0.3 is 0 Å². The number of carbonyl (C=O) groups excluding carboxylic acids is 1. The number of hydrogen-bond acceptors (Lipinski definition) is 5. The number of nitrogens with zero attached hydrogens (tertiary/aromatic N) is 1. The van der Waals surface area contributed by atoms with E-state index in [4.69, 9.17) is 21.1 Å². The van der Waals surface area contributed by atoms with Gasteiger partial charge in [-0.3, -0.25) is 4.79 Å². The van der Waals surface area contributed by atoms with Crippen molar-refractivity contribution in [1.29, 1.82) is 0 Å². The third-order valence-corrected chi connectivity index (χ3v) is 7.07. The summed E-state index contributed by atoms with van der Waals surface area (Å²) >= 11 is 6.22. The Hall–Kier alpha value is -3.03. The minimum atomic E-state index is -4.15. The number of methoxy groups -OCH3 is 1. The number of amides is 1. The standard InChI is InChI=1S/C25H26ClNO5S/c1-18-11-12-19(2)24(16-18)32-15-7-10-25(28)27(20-13-14-23(31-3)22(26)17-20)33(29,30)21-8-5-4-6-9-21/h4-6,8-9,11-14,16-17H,7,10,15H2,1-3H3. The van der Waals surface area contributed by atoms with E-state index in [0.29, 0.717) is 12.2 Å². The largest absolute Gasteiger partial charge is 0.495 e. The predicted molar refractivity (Wildman–Crippen MR) is 130 cm³/mol. The summed E-state index contributed by atoms with van der Waals surface area (Å²) in [7, 11) is -2.69. The van der Waals surface area contributed by atoms with Gasteiger partial charge in [-0.25, -0.2) is 12.7 Å². The van der Waals surface area contributed by atoms with E-state index in [-0.39, 0.29) is 28.6 Å². The predicted octanol–water partition coefficient (Wildman–Crippen LogP) is 5.55. The molecule has 1 amide bonds. The van der Waals surface area contributed by atoms with Crippen LogP contribution in [0.25, 0.3) is 0 Å². The van der Waals surface area contributed by atoms with E-state index in [1.54, 1.807) is 18.2 Å². The van der Waals surface area contributed by atoms with Crippen molar-refractivity contribution < 1.29 is 22.7 Å². The van der Waals surface area contributed by atoms with Crippen molar-refractivity contribution in [1.82, 2.24) is 0 Å². The Balaban J connectivity index is 1.82. The van der Waals surface area contributed by atoms with Gasteiger partial charge in [0.15, 0.2) is 0 Å². The molecular formula is C25H26ClNO5S. The molecule has 0 fully saturated rings. The maximum Gasteiger partial charge on any atom is 0.270 e. The maximum atomic E-state index is 13.4. The number of benzene rings is 3. The third-order valence-electron chi connectivity index (χ3n) is 5.01. The van der Waals surface area contributed by atoms with E-state index in [1.165, 1.54) is 37.4 Å². The van der Waals surface area contributed by atoms with Gasteiger partial charge in [0, 0.05) is 6.42 Å². The molecule has 0 aliphatic carbocycles. The molecular weight excluding hydrogens is 462 g/mol. The van der Waals surface area contributed by atoms with Crippen LogP contribution in [0.1, 0.15) is 24.0 Å². The SMILES string of the molecule is COc1ccc(N(C(=O)CCCOc2cc(C)ccc2C)S(=O)(=O)c2ccccc2)cc1Cl. The van der Waals surface area contributed by atoms with Gasteiger partial charge in [0.05, 0.1) is 29.3 Å². The molecule has 8 heteroatoms. The zero-order valence-corrected chi connectivity index (χ0v) is 20.3. The van der Waals surface area contributed by atoms with Crippen molar-refractivity contribution in [2.75, 3.05) is 18.0 Å². The molecule has 0 radical (unpaired) electrons. The van der Waals surface area contributed by atoms with Crippen LogP contribution in [0.3, 0.4) is 0 Å². The number of halogens is 1. The van der Waals surface area contributed by atoms with Crippen LogP contribution in [0.2, 0.25) is 5.02 Å². The lowest BCUT2D eigenvalue weighted by molar-refractivity contribution is -0.117. The molecule has 3 aromatic carbocycles. The number of anilines is 1. The fourth-order valence-corrected chi connectivity index (χ4v) is 4.98. The maximum absolute atomic E-state index is 13.4. The van der Waals surface area contributed by atoms with E-state index in [0.717, 1.165) is 21.2 Å². The first-order chi connectivity index (χ1) is 15.7. The van der Waals surface area contributed by atoms with Gasteiger partial charge in [-0.2, -0.15) is 0 Å². The highest BCUT2D eigenvalue weighted by Gasteiger charge is 2.31. The van der Waals surface area contributed by atoms with E-state index in [9.17, 15) is 13.2 Å². The van der Waals surface area contributed by atoms with Crippen molar-refractivity contribution in [3.63, 3.8) is 0 Å². The highest BCUT2D eigenvalue weighted by Crippen LogP contribution is 2.32. The molecule has 33 heavy (non-hydrogen) atoms. The second-order valence-electron chi connectivity index (χ2n) is 7.52. The molecule has 3 aromatic rings. The topological polar surface area (TPSA) is 72.9 Å². The summed E-state index contributed by atoms with van der Waals surface area (Å²) in [6, 6.07) is 18.2. The third kappa shape index (κ3) is 5.86. The summed E-state index contributed by atoms with van der Waals surface area (Å²) in [5.74, 6) is 0.551. The second kappa shape index (κ2) is 10.7. The Morgan fingerprint density at radius 3 is 2.36 bits per heavy atom. The summed E-state index contributed by atoms with van der Waals surface area (Å²) in [5, 5.41) is 0.203. The fraction of sp³-hybridized carbons (Fsp3) is 0.240. The summed E-state index contributed by atoms with van der Waals surface area (Å²) < 4.78 is 38.5. The van der Waals surface area contributed by atoms with Gasteiger partial charge in [-0.1, -0.05) is 41.9 Å². The molecule has 174 valence electrons. The summed E-state index contributed by atoms with van der Waals surface area (Å²) in [6.45, 7) is 4.20. The smallest absolute Gasteiger partial charge is 0.270 e. The number of aryl methyl sites for hydroxylation is 2. The Labute approximate surface area is 199 Å². The molecule has 0 heterocycles. The number of sulfonamides is 1. The number of rotatable bonds is 9. The van der Waals surface area contributed by atoms with Gasteiger partial charge in [0.1, 0.15) is 11.5 Å². The zero-order valence-electron chi connectivity index (χ0n) is 18.7. The van der Waals surface area contributed by atoms with Crippen molar-refractivity contribution in [2.24, 2.45) is 0 Å². The molecule has 6 nitrogen and oxygen atoms in total. The first kappa shape index (κ1) is 24.6. The number of hydrogen-bond donors (Lipinski definition) is 0. The molecule has 0 saturated carbocycles. The van der Waals surface area contributed by atoms with Gasteiger partial charge < -0.3 is 9.47 Å². The molecule has 0 aliphatic heterocycles. The molecule has 0 saturated heterocycles. The van der Waals surface area contributed by atoms with Crippen LogP contribution in [-0.4, -0.2) is 28.0 Å². The van der Waals surface area contributed by atoms with E-state index < -0.39 is 15.9 Å². The molecule has 3 rings (SSSR count). The fourth-order valence-electron chi connectivity index (χ4n) is 3.27. The Bertz CT molecular complexity index is 1230. The van der Waals surface area contributed by atoms with Crippen molar-refractivity contribution in [3.8, 4) is 11.5 Å². The molecule has 0 unspecified atom stereocenters. The van der Waals surface area contributed by atoms with Crippen LogP contribution in [0.15, 0.2) is 71.6 Å². The lowest BCUT2D eigenvalue weighted by atomic mass is 10.1. The average molecular weight is 488 g/mol. The zero-order chi connectivity index (χ0) is 24.0. The Morgan fingerprint density at radius 1 is 0.970 bits per heavy atom. The molecule has 0 N–H and O–H groups in total. The van der Waals surface area contributed by atoms with Gasteiger partial charge in [0.25, 0.3) is 10.0 Å².